The van der Waals surface area contributed by atoms with Gasteiger partial charge in [0.1, 0.15) is 0 Å². The van der Waals surface area contributed by atoms with Gasteiger partial charge in [0.15, 0.2) is 0 Å². The van der Waals surface area contributed by atoms with Gasteiger partial charge in [-0.2, -0.15) is 0 Å². The fraction of sp³-hybridized carbons (Fsp3) is 0.462. The number of nitrogens with one attached hydrogen (secondary N) is 2. The number of hydrogen-bond donors (Lipinski definition) is 3. The van der Waals surface area contributed by atoms with E-state index in [1.165, 1.54) is 4.90 Å². The van der Waals surface area contributed by atoms with Gasteiger partial charge >= 0.3 is 0 Å². The molecule has 0 atom stereocenters. The van der Waals surface area contributed by atoms with Gasteiger partial charge in [-0.25, -0.2) is 13.1 Å². The van der Waals surface area contributed by atoms with Crippen molar-refractivity contribution in [3.8, 4) is 0 Å². The van der Waals surface area contributed by atoms with Crippen LogP contribution in [-0.4, -0.2) is 52.2 Å². The van der Waals surface area contributed by atoms with Crippen LogP contribution >= 0.6 is 0 Å². The molecule has 0 aliphatic heterocycles. The summed E-state index contributed by atoms with van der Waals surface area (Å²) in [7, 11) is 0.0644. The Morgan fingerprint density at radius 1 is 1.33 bits per heavy atom. The third kappa shape index (κ3) is 5.24. The Morgan fingerprint density at radius 3 is 2.52 bits per heavy atom. The highest BCUT2D eigenvalue weighted by Crippen LogP contribution is 2.20. The molecule has 8 heteroatoms. The minimum absolute atomic E-state index is 0.0430. The molecule has 1 rings (SSSR count). The van der Waals surface area contributed by atoms with Crippen LogP contribution in [0.4, 0.5) is 11.4 Å². The van der Waals surface area contributed by atoms with Crippen molar-refractivity contribution >= 4 is 27.3 Å². The lowest BCUT2D eigenvalue weighted by Crippen LogP contribution is -2.29. The number of carbonyl (C=O) groups excluding carboxylic acids is 1. The molecule has 1 amide bonds. The average Bonchev–Trinajstić information content (AvgIpc) is 2.39. The van der Waals surface area contributed by atoms with Crippen LogP contribution in [0.25, 0.3) is 0 Å². The van der Waals surface area contributed by atoms with Gasteiger partial charge in [-0.15, -0.1) is 0 Å². The topological polar surface area (TPSA) is 105 Å². The second kappa shape index (κ2) is 7.28. The highest BCUT2D eigenvalue weighted by Gasteiger charge is 2.11. The van der Waals surface area contributed by atoms with Crippen LogP contribution in [0.3, 0.4) is 0 Å². The van der Waals surface area contributed by atoms with Crippen LogP contribution in [-0.2, 0) is 10.0 Å². The molecule has 0 fully saturated rings. The number of nitrogens with zero attached hydrogens (tertiary/aromatic N) is 1. The molecule has 0 saturated heterocycles. The summed E-state index contributed by atoms with van der Waals surface area (Å²) in [6, 6.07) is 4.90. The summed E-state index contributed by atoms with van der Waals surface area (Å²) in [5.41, 5.74) is 7.37. The lowest BCUT2D eigenvalue weighted by atomic mass is 10.1. The lowest BCUT2D eigenvalue weighted by molar-refractivity contribution is 0.0827. The second-order valence-corrected chi connectivity index (χ2v) is 6.67. The van der Waals surface area contributed by atoms with E-state index in [4.69, 9.17) is 5.73 Å². The molecule has 0 aliphatic carbocycles. The number of carbonyl (C=O) groups is 1. The zero-order valence-corrected chi connectivity index (χ0v) is 13.3. The van der Waals surface area contributed by atoms with Crippen molar-refractivity contribution in [1.82, 2.24) is 9.62 Å². The van der Waals surface area contributed by atoms with Crippen molar-refractivity contribution in [2.45, 2.75) is 6.92 Å². The van der Waals surface area contributed by atoms with Gasteiger partial charge in [0, 0.05) is 32.7 Å². The molecule has 0 aliphatic rings. The fourth-order valence-electron chi connectivity index (χ4n) is 1.73. The molecule has 1 aromatic carbocycles. The molecule has 21 heavy (non-hydrogen) atoms. The van der Waals surface area contributed by atoms with Gasteiger partial charge in [-0.05, 0) is 18.2 Å². The summed E-state index contributed by atoms with van der Waals surface area (Å²) < 4.78 is 25.4. The van der Waals surface area contributed by atoms with Gasteiger partial charge in [-0.1, -0.05) is 6.92 Å². The van der Waals surface area contributed by atoms with Crippen LogP contribution in [0.1, 0.15) is 17.3 Å². The molecule has 0 unspecified atom stereocenters. The predicted octanol–water partition coefficient (Wildman–Crippen LogP) is 0.322. The van der Waals surface area contributed by atoms with E-state index in [1.807, 2.05) is 0 Å². The van der Waals surface area contributed by atoms with E-state index >= 15 is 0 Å². The first kappa shape index (κ1) is 17.3. The minimum atomic E-state index is -3.26. The van der Waals surface area contributed by atoms with Crippen LogP contribution in [0, 0.1) is 0 Å². The van der Waals surface area contributed by atoms with Crippen molar-refractivity contribution < 1.29 is 13.2 Å². The van der Waals surface area contributed by atoms with E-state index in [2.05, 4.69) is 10.0 Å². The first-order valence-corrected chi connectivity index (χ1v) is 8.24. The molecular formula is C13H22N4O3S. The van der Waals surface area contributed by atoms with E-state index in [-0.39, 0.29) is 18.2 Å². The summed E-state index contributed by atoms with van der Waals surface area (Å²) >= 11 is 0. The molecule has 7 nitrogen and oxygen atoms in total. The molecule has 0 radical (unpaired) electrons. The number of nitrogen functional groups attached to an aromatic ring is 1. The summed E-state index contributed by atoms with van der Waals surface area (Å²) in [6.45, 7) is 2.33. The molecule has 118 valence electrons. The summed E-state index contributed by atoms with van der Waals surface area (Å²) in [5, 5.41) is 2.95. The molecule has 0 bridgehead atoms. The first-order valence-electron chi connectivity index (χ1n) is 6.59. The number of benzene rings is 1. The van der Waals surface area contributed by atoms with Gasteiger partial charge in [0.2, 0.25) is 10.0 Å². The third-order valence-corrected chi connectivity index (χ3v) is 4.23. The highest BCUT2D eigenvalue weighted by molar-refractivity contribution is 7.89. The van der Waals surface area contributed by atoms with E-state index in [0.717, 1.165) is 0 Å². The largest absolute Gasteiger partial charge is 0.397 e. The summed E-state index contributed by atoms with van der Waals surface area (Å²) in [5.74, 6) is -0.179. The Morgan fingerprint density at radius 2 is 2.00 bits per heavy atom. The smallest absolute Gasteiger partial charge is 0.253 e. The minimum Gasteiger partial charge on any atom is -0.397 e. The summed E-state index contributed by atoms with van der Waals surface area (Å²) in [4.78, 5) is 13.3. The van der Waals surface area contributed by atoms with E-state index in [9.17, 15) is 13.2 Å². The van der Waals surface area contributed by atoms with Crippen LogP contribution in [0.15, 0.2) is 18.2 Å². The zero-order chi connectivity index (χ0) is 16.0. The molecule has 1 aromatic rings. The molecule has 4 N–H and O–H groups in total. The van der Waals surface area contributed by atoms with Crippen molar-refractivity contribution in [1.29, 1.82) is 0 Å². The fourth-order valence-corrected chi connectivity index (χ4v) is 2.68. The molecular weight excluding hydrogens is 292 g/mol. The number of amides is 1. The number of anilines is 2. The Kier molecular flexibility index (Phi) is 5.98. The third-order valence-electron chi connectivity index (χ3n) is 2.76. The maximum absolute atomic E-state index is 11.8. The maximum Gasteiger partial charge on any atom is 0.253 e. The normalized spacial score (nSPS) is 11.2. The predicted molar refractivity (Wildman–Crippen MR) is 84.8 cm³/mol. The molecule has 0 heterocycles. The van der Waals surface area contributed by atoms with Crippen LogP contribution in [0.5, 0.6) is 0 Å². The average molecular weight is 314 g/mol. The lowest BCUT2D eigenvalue weighted by Gasteiger charge is -2.13. The monoisotopic (exact) mass is 314 g/mol. The van der Waals surface area contributed by atoms with Crippen LogP contribution in [0.2, 0.25) is 0 Å². The highest BCUT2D eigenvalue weighted by atomic mass is 32.2. The Bertz CT molecular complexity index is 599. The molecule has 0 saturated carbocycles. The second-order valence-electron chi connectivity index (χ2n) is 4.75. The first-order chi connectivity index (χ1) is 9.76. The number of nitrogens with two attached hydrogens (primary N) is 1. The Balaban J connectivity index is 2.68. The van der Waals surface area contributed by atoms with Gasteiger partial charge in [0.05, 0.1) is 17.1 Å². The van der Waals surface area contributed by atoms with Gasteiger partial charge in [-0.3, -0.25) is 4.79 Å². The van der Waals surface area contributed by atoms with Crippen LogP contribution < -0.4 is 15.8 Å². The molecule has 0 aromatic heterocycles. The molecule has 0 spiro atoms. The number of rotatable bonds is 7. The zero-order valence-electron chi connectivity index (χ0n) is 12.5. The Labute approximate surface area is 125 Å². The standard InChI is InChI=1S/C13H22N4O3S/c1-4-16-21(19,20)8-7-15-12-6-5-10(9-11(12)14)13(18)17(2)3/h5-6,9,15-16H,4,7-8,14H2,1-3H3. The van der Waals surface area contributed by atoms with Crippen molar-refractivity contribution in [2.24, 2.45) is 0 Å². The van der Waals surface area contributed by atoms with Crippen molar-refractivity contribution in [3.63, 3.8) is 0 Å². The van der Waals surface area contributed by atoms with Gasteiger partial charge in [0.25, 0.3) is 5.91 Å². The number of hydrogen-bond acceptors (Lipinski definition) is 5. The SMILES string of the molecule is CCNS(=O)(=O)CCNc1ccc(C(=O)N(C)C)cc1N. The van der Waals surface area contributed by atoms with Crippen molar-refractivity contribution in [3.05, 3.63) is 23.8 Å². The van der Waals surface area contributed by atoms with Gasteiger partial charge < -0.3 is 16.0 Å². The number of sulfonamides is 1. The van der Waals surface area contributed by atoms with E-state index in [0.29, 0.717) is 23.5 Å². The quantitative estimate of drug-likeness (QED) is 0.629. The van der Waals surface area contributed by atoms with E-state index < -0.39 is 10.0 Å². The summed E-state index contributed by atoms with van der Waals surface area (Å²) in [6.07, 6.45) is 0. The maximum atomic E-state index is 11.8. The van der Waals surface area contributed by atoms with Crippen molar-refractivity contribution in [2.75, 3.05) is 44.0 Å². The Hall–Kier alpha value is -1.80. The van der Waals surface area contributed by atoms with E-state index in [1.54, 1.807) is 39.2 Å².